The third-order valence-electron chi connectivity index (χ3n) is 6.22. The van der Waals surface area contributed by atoms with Crippen molar-refractivity contribution in [1.29, 1.82) is 0 Å². The molecule has 184 valence electrons. The van der Waals surface area contributed by atoms with Crippen LogP contribution in [0.25, 0.3) is 0 Å². The molecule has 2 aromatic carbocycles. The van der Waals surface area contributed by atoms with E-state index in [-0.39, 0.29) is 36.6 Å². The quantitative estimate of drug-likeness (QED) is 0.450. The fourth-order valence-corrected chi connectivity index (χ4v) is 4.30. The molecule has 2 aromatic rings. The Morgan fingerprint density at radius 3 is 2.32 bits per heavy atom. The van der Waals surface area contributed by atoms with E-state index >= 15 is 0 Å². The summed E-state index contributed by atoms with van der Waals surface area (Å²) < 4.78 is 24.3. The first-order valence-corrected chi connectivity index (χ1v) is 12.1. The zero-order valence-electron chi connectivity index (χ0n) is 20.1. The maximum absolute atomic E-state index is 13.4. The Hall–Kier alpha value is -3.09. The molecule has 1 aliphatic carbocycles. The van der Waals surface area contributed by atoms with Gasteiger partial charge >= 0.3 is 0 Å². The first-order chi connectivity index (χ1) is 16.5. The van der Waals surface area contributed by atoms with E-state index in [0.29, 0.717) is 25.2 Å². The molecule has 0 bridgehead atoms. The standard InChI is InChI=1S/C27H35FN2O4/c1-3-25(27(32)29-22-7-4-5-8-22)30(19-20-10-12-21(28)13-11-20)26(31)9-6-18-34-24-16-14-23(33-2)15-17-24/h10-17,22,25H,3-9,18-19H2,1-2H3,(H,29,32)/t25-/m1/s1. The second-order valence-electron chi connectivity index (χ2n) is 8.69. The van der Waals surface area contributed by atoms with Gasteiger partial charge in [-0.25, -0.2) is 4.39 Å². The van der Waals surface area contributed by atoms with Crippen molar-refractivity contribution in [2.45, 2.75) is 70.5 Å². The molecule has 3 rings (SSSR count). The average Bonchev–Trinajstić information content (AvgIpc) is 3.36. The molecule has 0 radical (unpaired) electrons. The van der Waals surface area contributed by atoms with Crippen molar-refractivity contribution >= 4 is 11.8 Å². The summed E-state index contributed by atoms with van der Waals surface area (Å²) >= 11 is 0. The monoisotopic (exact) mass is 470 g/mol. The molecule has 0 unspecified atom stereocenters. The van der Waals surface area contributed by atoms with Crippen LogP contribution >= 0.6 is 0 Å². The van der Waals surface area contributed by atoms with Crippen LogP contribution in [0, 0.1) is 5.82 Å². The van der Waals surface area contributed by atoms with Gasteiger partial charge in [-0.15, -0.1) is 0 Å². The van der Waals surface area contributed by atoms with Crippen LogP contribution in [-0.4, -0.2) is 42.5 Å². The van der Waals surface area contributed by atoms with Crippen LogP contribution in [0.5, 0.6) is 11.5 Å². The highest BCUT2D eigenvalue weighted by Crippen LogP contribution is 2.20. The maximum atomic E-state index is 13.4. The number of nitrogens with one attached hydrogen (secondary N) is 1. The van der Waals surface area contributed by atoms with Crippen LogP contribution in [0.15, 0.2) is 48.5 Å². The number of hydrogen-bond donors (Lipinski definition) is 1. The largest absolute Gasteiger partial charge is 0.497 e. The number of benzene rings is 2. The van der Waals surface area contributed by atoms with E-state index in [1.807, 2.05) is 31.2 Å². The van der Waals surface area contributed by atoms with Gasteiger partial charge in [0.1, 0.15) is 23.4 Å². The Balaban J connectivity index is 1.62. The lowest BCUT2D eigenvalue weighted by molar-refractivity contribution is -0.141. The lowest BCUT2D eigenvalue weighted by atomic mass is 10.1. The SMILES string of the molecule is CC[C@H](C(=O)NC1CCCC1)N(Cc1ccc(F)cc1)C(=O)CCCOc1ccc(OC)cc1. The fraction of sp³-hybridized carbons (Fsp3) is 0.481. The van der Waals surface area contributed by atoms with Gasteiger partial charge in [-0.3, -0.25) is 9.59 Å². The summed E-state index contributed by atoms with van der Waals surface area (Å²) in [6, 6.07) is 13.0. The summed E-state index contributed by atoms with van der Waals surface area (Å²) in [6.07, 6.45) is 5.49. The van der Waals surface area contributed by atoms with Gasteiger partial charge in [0.2, 0.25) is 11.8 Å². The Labute approximate surface area is 201 Å². The molecule has 6 nitrogen and oxygen atoms in total. The fourth-order valence-electron chi connectivity index (χ4n) is 4.30. The van der Waals surface area contributed by atoms with Gasteiger partial charge in [-0.05, 0) is 67.6 Å². The molecule has 1 atom stereocenters. The van der Waals surface area contributed by atoms with Gasteiger partial charge in [0.05, 0.1) is 13.7 Å². The highest BCUT2D eigenvalue weighted by atomic mass is 19.1. The van der Waals surface area contributed by atoms with Crippen molar-refractivity contribution in [2.24, 2.45) is 0 Å². The number of nitrogens with zero attached hydrogens (tertiary/aromatic N) is 1. The van der Waals surface area contributed by atoms with Crippen molar-refractivity contribution in [1.82, 2.24) is 10.2 Å². The highest BCUT2D eigenvalue weighted by Gasteiger charge is 2.30. The molecular weight excluding hydrogens is 435 g/mol. The lowest BCUT2D eigenvalue weighted by Gasteiger charge is -2.31. The van der Waals surface area contributed by atoms with E-state index < -0.39 is 6.04 Å². The average molecular weight is 471 g/mol. The summed E-state index contributed by atoms with van der Waals surface area (Å²) in [4.78, 5) is 28.0. The van der Waals surface area contributed by atoms with Crippen LogP contribution in [0.1, 0.15) is 57.4 Å². The maximum Gasteiger partial charge on any atom is 0.243 e. The van der Waals surface area contributed by atoms with Crippen LogP contribution in [-0.2, 0) is 16.1 Å². The zero-order chi connectivity index (χ0) is 24.3. The van der Waals surface area contributed by atoms with Gasteiger partial charge in [0.25, 0.3) is 0 Å². The Morgan fingerprint density at radius 2 is 1.71 bits per heavy atom. The Morgan fingerprint density at radius 1 is 1.06 bits per heavy atom. The summed E-state index contributed by atoms with van der Waals surface area (Å²) in [5, 5.41) is 3.13. The number of carbonyl (C=O) groups excluding carboxylic acids is 2. The summed E-state index contributed by atoms with van der Waals surface area (Å²) in [7, 11) is 1.61. The van der Waals surface area contributed by atoms with E-state index in [1.165, 1.54) is 12.1 Å². The molecule has 0 heterocycles. The van der Waals surface area contributed by atoms with Gasteiger partial charge < -0.3 is 19.7 Å². The number of halogens is 1. The minimum Gasteiger partial charge on any atom is -0.497 e. The number of rotatable bonds is 12. The molecular formula is C27H35FN2O4. The predicted molar refractivity (Wildman–Crippen MR) is 129 cm³/mol. The van der Waals surface area contributed by atoms with Gasteiger partial charge in [0.15, 0.2) is 0 Å². The molecule has 0 aliphatic heterocycles. The van der Waals surface area contributed by atoms with Crippen LogP contribution in [0.4, 0.5) is 4.39 Å². The van der Waals surface area contributed by atoms with Crippen LogP contribution in [0.3, 0.4) is 0 Å². The molecule has 0 saturated heterocycles. The van der Waals surface area contributed by atoms with Crippen molar-refractivity contribution < 1.29 is 23.5 Å². The lowest BCUT2D eigenvalue weighted by Crippen LogP contribution is -2.50. The number of methoxy groups -OCH3 is 1. The third-order valence-corrected chi connectivity index (χ3v) is 6.22. The predicted octanol–water partition coefficient (Wildman–Crippen LogP) is 4.86. The van der Waals surface area contributed by atoms with Crippen molar-refractivity contribution in [3.63, 3.8) is 0 Å². The molecule has 1 N–H and O–H groups in total. The molecule has 1 fully saturated rings. The molecule has 1 aliphatic rings. The van der Waals surface area contributed by atoms with E-state index in [0.717, 1.165) is 37.0 Å². The zero-order valence-corrected chi connectivity index (χ0v) is 20.1. The smallest absolute Gasteiger partial charge is 0.243 e. The van der Waals surface area contributed by atoms with E-state index in [1.54, 1.807) is 24.1 Å². The normalized spacial score (nSPS) is 14.4. The topological polar surface area (TPSA) is 67.9 Å². The van der Waals surface area contributed by atoms with Gasteiger partial charge in [-0.2, -0.15) is 0 Å². The number of ether oxygens (including phenoxy) is 2. The Bertz CT molecular complexity index is 911. The van der Waals surface area contributed by atoms with E-state index in [9.17, 15) is 14.0 Å². The van der Waals surface area contributed by atoms with Gasteiger partial charge in [0, 0.05) is 19.0 Å². The van der Waals surface area contributed by atoms with Crippen molar-refractivity contribution in [3.8, 4) is 11.5 Å². The molecule has 34 heavy (non-hydrogen) atoms. The van der Waals surface area contributed by atoms with E-state index in [4.69, 9.17) is 9.47 Å². The van der Waals surface area contributed by atoms with Crippen molar-refractivity contribution in [3.05, 3.63) is 59.9 Å². The third kappa shape index (κ3) is 7.47. The first kappa shape index (κ1) is 25.5. The summed E-state index contributed by atoms with van der Waals surface area (Å²) in [5.41, 5.74) is 0.788. The minimum absolute atomic E-state index is 0.112. The first-order valence-electron chi connectivity index (χ1n) is 12.1. The highest BCUT2D eigenvalue weighted by molar-refractivity contribution is 5.87. The minimum atomic E-state index is -0.569. The second kappa shape index (κ2) is 13.0. The van der Waals surface area contributed by atoms with Gasteiger partial charge in [-0.1, -0.05) is 31.9 Å². The summed E-state index contributed by atoms with van der Waals surface area (Å²) in [5.74, 6) is 0.901. The molecule has 2 amide bonds. The molecule has 0 spiro atoms. The molecule has 0 aromatic heterocycles. The number of hydrogen-bond acceptors (Lipinski definition) is 4. The van der Waals surface area contributed by atoms with Crippen LogP contribution < -0.4 is 14.8 Å². The van der Waals surface area contributed by atoms with Crippen molar-refractivity contribution in [2.75, 3.05) is 13.7 Å². The summed E-state index contributed by atoms with van der Waals surface area (Å²) in [6.45, 7) is 2.55. The second-order valence-corrected chi connectivity index (χ2v) is 8.69. The number of carbonyl (C=O) groups is 2. The molecule has 7 heteroatoms. The number of amides is 2. The molecule has 1 saturated carbocycles. The van der Waals surface area contributed by atoms with E-state index in [2.05, 4.69) is 5.32 Å². The van der Waals surface area contributed by atoms with Crippen LogP contribution in [0.2, 0.25) is 0 Å². The Kier molecular flexibility index (Phi) is 9.74.